The lowest BCUT2D eigenvalue weighted by Gasteiger charge is -2.19. The van der Waals surface area contributed by atoms with Gasteiger partial charge in [-0.05, 0) is 154 Å². The SMILES string of the molecule is COc1ccc(Cn2cc(-c3cc(C(F)F)[nH]c(=S)n3)ccc2=O)cc1OC.COc1ccc(Cn2cc(-c3cc(C(F)F)nc(S(=O)(=O)CCC(OCc4ccccc4)c4ccccc4)n3)ccc2=O)cc1OC.COc1ccc(Cn2cc(-c3cc(C(F)F)nc(S(=O)CCC(OCc4ccccc4)c4ccccc4)n3)ccc2=O)cc1OC.ClCCC(OCc1ccccc1)c1ccccc1. The van der Waals surface area contributed by atoms with Crippen LogP contribution < -0.4 is 45.1 Å². The Morgan fingerprint density at radius 3 is 1.06 bits per heavy atom. The molecule has 0 aliphatic rings. The topological polar surface area (TPSA) is 281 Å². The number of aromatic nitrogens is 9. The number of nitrogens with zero attached hydrogens (tertiary/aromatic N) is 8. The van der Waals surface area contributed by atoms with Gasteiger partial charge in [0.15, 0.2) is 39.3 Å². The molecule has 6 heterocycles. The Hall–Kier alpha value is -14.1. The second-order valence-electron chi connectivity index (χ2n) is 31.1. The smallest absolute Gasteiger partial charge is 0.280 e. The van der Waals surface area contributed by atoms with Gasteiger partial charge in [0.2, 0.25) is 20.2 Å². The molecule has 0 amide bonds. The fourth-order valence-corrected chi connectivity index (χ4v) is 17.1. The largest absolute Gasteiger partial charge is 0.493 e. The summed E-state index contributed by atoms with van der Waals surface area (Å²) in [7, 11) is 3.06. The van der Waals surface area contributed by atoms with E-state index in [-0.39, 0.29) is 106 Å². The number of pyridine rings is 3. The van der Waals surface area contributed by atoms with Gasteiger partial charge in [0.25, 0.3) is 36.0 Å². The zero-order valence-electron chi connectivity index (χ0n) is 76.5. The number of nitrogens with one attached hydrogen (secondary N) is 1. The summed E-state index contributed by atoms with van der Waals surface area (Å²) in [4.78, 5) is 60.5. The van der Waals surface area contributed by atoms with E-state index in [9.17, 15) is 53.4 Å². The van der Waals surface area contributed by atoms with Crippen molar-refractivity contribution < 1.29 is 81.6 Å². The maximum Gasteiger partial charge on any atom is 0.280 e. The number of hydrogen-bond donors (Lipinski definition) is 1. The van der Waals surface area contributed by atoms with Crippen LogP contribution in [0.2, 0.25) is 0 Å². The van der Waals surface area contributed by atoms with Crippen molar-refractivity contribution in [3.05, 3.63) is 413 Å². The molecule has 722 valence electrons. The normalized spacial score (nSPS) is 12.1. The fraction of sp³-hybridized carbons (Fsp3) is 0.229. The maximum absolute atomic E-state index is 14.0. The van der Waals surface area contributed by atoms with E-state index in [1.165, 1.54) is 122 Å². The molecule has 34 heteroatoms. The molecule has 0 saturated carbocycles. The number of rotatable bonds is 40. The highest BCUT2D eigenvalue weighted by Crippen LogP contribution is 2.36. The van der Waals surface area contributed by atoms with Crippen LogP contribution in [0.1, 0.15) is 124 Å². The molecule has 0 fully saturated rings. The van der Waals surface area contributed by atoms with Crippen molar-refractivity contribution in [2.24, 2.45) is 0 Å². The van der Waals surface area contributed by atoms with Crippen LogP contribution in [0.15, 0.2) is 334 Å². The third kappa shape index (κ3) is 30.2. The van der Waals surface area contributed by atoms with Gasteiger partial charge in [-0.2, -0.15) is 0 Å². The summed E-state index contributed by atoms with van der Waals surface area (Å²) in [6.07, 6.45) is -3.84. The van der Waals surface area contributed by atoms with E-state index in [1.807, 2.05) is 164 Å². The van der Waals surface area contributed by atoms with E-state index >= 15 is 0 Å². The standard InChI is InChI=1S/C35H33F2N3O6S.C35H33F2N3O5S.C19H17F2N3O3S.C16H17ClO/c1-44-31-15-13-25(19-32(31)45-2)21-40-22-27(14-16-33(40)41)28-20-29(34(36)37)39-35(38-28)47(42,43)18-17-30(26-11-7-4-8-12-26)46-23-24-9-5-3-6-10-24;1-43-31-15-13-25(19-32(31)44-2)21-40-22-27(14-16-33(40)41)28-20-29(34(36)37)39-35(38-28)46(42)18-17-30(26-11-7-4-8-12-26)45-23-24-9-5-3-6-10-24;1-26-15-5-3-11(7-16(15)27-2)9-24-10-12(4-6-17(24)25)13-8-14(18(20)21)23-19(28)22-13;17-12-11-16(15-9-5-2-6-10-15)18-13-14-7-3-1-4-8-14/h3-16,19-20,22,30,34H,17-18,21,23H2,1-2H3;3-16,19-20,22,30,34H,17-18,21,23H2,1-2H3;3-8,10,18H,9H2,1-2H3,(H,22,23,28);1-10,16H,11-13H2. The summed E-state index contributed by atoms with van der Waals surface area (Å²) in [6.45, 7) is 1.79. The van der Waals surface area contributed by atoms with Crippen molar-refractivity contribution in [3.8, 4) is 68.3 Å². The van der Waals surface area contributed by atoms with Crippen LogP contribution in [0.3, 0.4) is 0 Å². The minimum absolute atomic E-state index is 0.0347. The molecular formula is C105H100ClF6N9O15S3. The highest BCUT2D eigenvalue weighted by molar-refractivity contribution is 7.91. The molecule has 15 aromatic rings. The molecule has 0 saturated heterocycles. The van der Waals surface area contributed by atoms with Crippen molar-refractivity contribution in [2.45, 2.75) is 107 Å². The second kappa shape index (κ2) is 51.9. The number of sulfone groups is 1. The van der Waals surface area contributed by atoms with E-state index in [4.69, 9.17) is 66.5 Å². The van der Waals surface area contributed by atoms with Gasteiger partial charge in [-0.1, -0.05) is 200 Å². The Labute approximate surface area is 812 Å². The molecule has 24 nitrogen and oxygen atoms in total. The van der Waals surface area contributed by atoms with Gasteiger partial charge >= 0.3 is 0 Å². The monoisotopic (exact) mass is 1970 g/mol. The number of alkyl halides is 7. The zero-order valence-corrected chi connectivity index (χ0v) is 79.7. The first kappa shape index (κ1) is 104. The van der Waals surface area contributed by atoms with Crippen molar-refractivity contribution in [1.82, 2.24) is 43.6 Å². The molecule has 0 aliphatic heterocycles. The van der Waals surface area contributed by atoms with E-state index in [0.717, 1.165) is 51.9 Å². The van der Waals surface area contributed by atoms with E-state index in [0.29, 0.717) is 76.7 Å². The van der Waals surface area contributed by atoms with E-state index < -0.39 is 68.3 Å². The number of halogens is 7. The van der Waals surface area contributed by atoms with Crippen LogP contribution >= 0.6 is 23.8 Å². The van der Waals surface area contributed by atoms with Crippen molar-refractivity contribution in [2.75, 3.05) is 60.0 Å². The first-order chi connectivity index (χ1) is 67.3. The van der Waals surface area contributed by atoms with Crippen LogP contribution in [0.25, 0.3) is 33.8 Å². The summed E-state index contributed by atoms with van der Waals surface area (Å²) >= 11 is 10.8. The summed E-state index contributed by atoms with van der Waals surface area (Å²) in [5.41, 5.74) is 7.24. The number of benzene rings is 9. The van der Waals surface area contributed by atoms with Gasteiger partial charge in [0.1, 0.15) is 11.4 Å². The average Bonchev–Trinajstić information content (AvgIpc) is 0.793. The predicted octanol–water partition coefficient (Wildman–Crippen LogP) is 21.7. The molecule has 6 aromatic heterocycles. The van der Waals surface area contributed by atoms with Crippen LogP contribution in [0.5, 0.6) is 34.5 Å². The molecule has 1 N–H and O–H groups in total. The van der Waals surface area contributed by atoms with E-state index in [2.05, 4.69) is 54.2 Å². The van der Waals surface area contributed by atoms with Gasteiger partial charge in [-0.3, -0.25) is 18.6 Å². The van der Waals surface area contributed by atoms with Crippen LogP contribution in [-0.4, -0.2) is 116 Å². The minimum atomic E-state index is -4.24. The van der Waals surface area contributed by atoms with Crippen molar-refractivity contribution >= 4 is 44.5 Å². The summed E-state index contributed by atoms with van der Waals surface area (Å²) < 4.78 is 177. The van der Waals surface area contributed by atoms with Crippen molar-refractivity contribution in [1.29, 1.82) is 0 Å². The summed E-state index contributed by atoms with van der Waals surface area (Å²) in [6, 6.07) is 86.0. The Kier molecular flexibility index (Phi) is 38.8. The molecule has 139 heavy (non-hydrogen) atoms. The molecule has 9 aromatic carbocycles. The van der Waals surface area contributed by atoms with Gasteiger partial charge in [0, 0.05) is 65.1 Å². The second-order valence-corrected chi connectivity index (χ2v) is 35.3. The molecule has 4 atom stereocenters. The highest BCUT2D eigenvalue weighted by atomic mass is 35.5. The molecule has 0 bridgehead atoms. The Morgan fingerprint density at radius 1 is 0.374 bits per heavy atom. The minimum Gasteiger partial charge on any atom is -0.493 e. The number of ether oxygens (including phenoxy) is 9. The Morgan fingerprint density at radius 2 is 0.712 bits per heavy atom. The summed E-state index contributed by atoms with van der Waals surface area (Å²) in [5, 5.41) is -0.932. The lowest BCUT2D eigenvalue weighted by molar-refractivity contribution is 0.0376. The van der Waals surface area contributed by atoms with Gasteiger partial charge in [-0.25, -0.2) is 59.7 Å². The molecule has 0 aliphatic carbocycles. The average molecular weight is 1970 g/mol. The molecule has 0 radical (unpaired) electrons. The number of H-pyrrole nitrogens is 1. The lowest BCUT2D eigenvalue weighted by Crippen LogP contribution is -2.19. The first-order valence-electron chi connectivity index (χ1n) is 43.6. The first-order valence-corrected chi connectivity index (χ1v) is 47.5. The highest BCUT2D eigenvalue weighted by Gasteiger charge is 2.28. The Bertz CT molecular complexity index is 6920. The molecule has 15 rings (SSSR count). The van der Waals surface area contributed by atoms with Gasteiger partial charge in [-0.15, -0.1) is 11.6 Å². The Balaban J connectivity index is 0.000000175. The van der Waals surface area contributed by atoms with Crippen molar-refractivity contribution in [3.63, 3.8) is 0 Å². The number of hydrogen-bond acceptors (Lipinski definition) is 21. The number of aromatic amines is 1. The van der Waals surface area contributed by atoms with Crippen LogP contribution in [0, 0.1) is 4.77 Å². The van der Waals surface area contributed by atoms with Gasteiger partial charge in [0.05, 0.1) is 140 Å². The van der Waals surface area contributed by atoms with Crippen LogP contribution in [-0.2, 0) is 74.3 Å². The third-order valence-electron chi connectivity index (χ3n) is 21.6. The third-order valence-corrected chi connectivity index (χ3v) is 24.7. The quantitative estimate of drug-likeness (QED) is 0.0162. The molecular weight excluding hydrogens is 1870 g/mol. The summed E-state index contributed by atoms with van der Waals surface area (Å²) in [5.74, 6) is 3.40. The predicted molar refractivity (Wildman–Crippen MR) is 523 cm³/mol. The lowest BCUT2D eigenvalue weighted by atomic mass is 10.1. The van der Waals surface area contributed by atoms with Crippen LogP contribution in [0.4, 0.5) is 26.3 Å². The zero-order chi connectivity index (χ0) is 98.7. The molecule has 0 spiro atoms. The van der Waals surface area contributed by atoms with E-state index in [1.54, 1.807) is 54.7 Å². The maximum atomic E-state index is 14.0. The fourth-order valence-electron chi connectivity index (χ4n) is 14.4. The number of methoxy groups -OCH3 is 6. The van der Waals surface area contributed by atoms with Gasteiger partial charge < -0.3 is 61.3 Å². The molecule has 4 unspecified atom stereocenters.